The normalized spacial score (nSPS) is 9.83. The number of hydrogen-bond acceptors (Lipinski definition) is 4. The summed E-state index contributed by atoms with van der Waals surface area (Å²) in [5.74, 6) is -0.0175. The number of nitriles is 1. The molecule has 0 bridgehead atoms. The number of nitrogen functional groups attached to an aromatic ring is 1. The highest BCUT2D eigenvalue weighted by Gasteiger charge is 2.06. The molecule has 18 heavy (non-hydrogen) atoms. The number of pyridine rings is 1. The van der Waals surface area contributed by atoms with E-state index < -0.39 is 5.82 Å². The van der Waals surface area contributed by atoms with Gasteiger partial charge in [-0.25, -0.2) is 9.37 Å². The third kappa shape index (κ3) is 2.38. The van der Waals surface area contributed by atoms with E-state index in [0.29, 0.717) is 11.6 Å². The van der Waals surface area contributed by atoms with Gasteiger partial charge in [-0.1, -0.05) is 0 Å². The van der Waals surface area contributed by atoms with Crippen LogP contribution >= 0.6 is 0 Å². The Bertz CT molecular complexity index is 635. The Morgan fingerprint density at radius 2 is 2.17 bits per heavy atom. The quantitative estimate of drug-likeness (QED) is 0.880. The largest absolute Gasteiger partial charge is 0.439 e. The number of anilines is 1. The number of aromatic nitrogens is 1. The van der Waals surface area contributed by atoms with Gasteiger partial charge >= 0.3 is 0 Å². The predicted molar refractivity (Wildman–Crippen MR) is 64.6 cm³/mol. The first kappa shape index (κ1) is 11.9. The van der Waals surface area contributed by atoms with E-state index in [0.717, 1.165) is 11.6 Å². The molecule has 1 aromatic carbocycles. The summed E-state index contributed by atoms with van der Waals surface area (Å²) in [6.07, 6.45) is 1.48. The van der Waals surface area contributed by atoms with Crippen LogP contribution in [0.25, 0.3) is 0 Å². The molecule has 0 aliphatic rings. The van der Waals surface area contributed by atoms with Crippen LogP contribution in [0.3, 0.4) is 0 Å². The average Bonchev–Trinajstić information content (AvgIpc) is 2.34. The minimum atomic E-state index is -0.623. The van der Waals surface area contributed by atoms with Gasteiger partial charge in [0, 0.05) is 12.1 Å². The van der Waals surface area contributed by atoms with Crippen molar-refractivity contribution in [3.8, 4) is 17.7 Å². The lowest BCUT2D eigenvalue weighted by molar-refractivity contribution is 0.457. The number of nitrogens with zero attached hydrogens (tertiary/aromatic N) is 2. The van der Waals surface area contributed by atoms with Crippen LogP contribution in [-0.4, -0.2) is 4.98 Å². The molecule has 0 unspecified atom stereocenters. The zero-order valence-electron chi connectivity index (χ0n) is 9.64. The zero-order chi connectivity index (χ0) is 13.1. The summed E-state index contributed by atoms with van der Waals surface area (Å²) in [6.45, 7) is 1.82. The fourth-order valence-corrected chi connectivity index (χ4v) is 1.37. The second kappa shape index (κ2) is 4.72. The predicted octanol–water partition coefficient (Wildman–Crippen LogP) is 2.78. The van der Waals surface area contributed by atoms with Crippen LogP contribution in [0.1, 0.15) is 11.1 Å². The summed E-state index contributed by atoms with van der Waals surface area (Å²) >= 11 is 0. The highest BCUT2D eigenvalue weighted by molar-refractivity contribution is 5.46. The lowest BCUT2D eigenvalue weighted by Crippen LogP contribution is -1.94. The first-order valence-electron chi connectivity index (χ1n) is 5.20. The second-order valence-electron chi connectivity index (χ2n) is 3.73. The van der Waals surface area contributed by atoms with Crippen LogP contribution in [0.4, 0.5) is 10.1 Å². The minimum Gasteiger partial charge on any atom is -0.439 e. The molecular formula is C13H10FN3O. The summed E-state index contributed by atoms with van der Waals surface area (Å²) < 4.78 is 18.7. The first-order valence-corrected chi connectivity index (χ1v) is 5.20. The summed E-state index contributed by atoms with van der Waals surface area (Å²) in [5, 5.41) is 8.61. The van der Waals surface area contributed by atoms with Crippen LogP contribution in [0, 0.1) is 24.1 Å². The van der Waals surface area contributed by atoms with Gasteiger partial charge in [-0.3, -0.25) is 0 Å². The van der Waals surface area contributed by atoms with E-state index >= 15 is 0 Å². The van der Waals surface area contributed by atoms with E-state index in [1.807, 2.05) is 6.92 Å². The molecule has 0 spiro atoms. The van der Waals surface area contributed by atoms with E-state index in [2.05, 4.69) is 4.98 Å². The lowest BCUT2D eigenvalue weighted by Gasteiger charge is -2.06. The molecule has 0 radical (unpaired) electrons. The summed E-state index contributed by atoms with van der Waals surface area (Å²) in [4.78, 5) is 3.97. The average molecular weight is 243 g/mol. The van der Waals surface area contributed by atoms with Crippen molar-refractivity contribution in [3.05, 3.63) is 47.4 Å². The SMILES string of the molecule is Cc1cc(Oc2ccc(C#N)c(F)c2)ncc1N. The maximum atomic E-state index is 13.4. The molecule has 1 heterocycles. The minimum absolute atomic E-state index is 0.0243. The second-order valence-corrected chi connectivity index (χ2v) is 3.73. The molecule has 0 atom stereocenters. The third-order valence-electron chi connectivity index (χ3n) is 2.41. The van der Waals surface area contributed by atoms with Gasteiger partial charge < -0.3 is 10.5 Å². The van der Waals surface area contributed by atoms with Gasteiger partial charge in [0.25, 0.3) is 0 Å². The van der Waals surface area contributed by atoms with Crippen LogP contribution in [-0.2, 0) is 0 Å². The van der Waals surface area contributed by atoms with E-state index in [1.54, 1.807) is 12.1 Å². The van der Waals surface area contributed by atoms with Crippen molar-refractivity contribution < 1.29 is 9.13 Å². The van der Waals surface area contributed by atoms with Gasteiger partial charge in [0.05, 0.1) is 17.4 Å². The molecule has 5 heteroatoms. The van der Waals surface area contributed by atoms with Gasteiger partial charge in [0.15, 0.2) is 0 Å². The van der Waals surface area contributed by atoms with E-state index in [4.69, 9.17) is 15.7 Å². The molecule has 0 aliphatic carbocycles. The zero-order valence-corrected chi connectivity index (χ0v) is 9.64. The Morgan fingerprint density at radius 3 is 2.78 bits per heavy atom. The maximum absolute atomic E-state index is 13.4. The van der Waals surface area contributed by atoms with E-state index in [-0.39, 0.29) is 11.3 Å². The molecule has 0 amide bonds. The fourth-order valence-electron chi connectivity index (χ4n) is 1.37. The van der Waals surface area contributed by atoms with Crippen LogP contribution in [0.5, 0.6) is 11.6 Å². The molecule has 4 nitrogen and oxygen atoms in total. The summed E-state index contributed by atoms with van der Waals surface area (Å²) in [5.41, 5.74) is 7.00. The van der Waals surface area contributed by atoms with E-state index in [9.17, 15) is 4.39 Å². The Labute approximate surface area is 103 Å². The molecule has 0 saturated heterocycles. The summed E-state index contributed by atoms with van der Waals surface area (Å²) in [7, 11) is 0. The van der Waals surface area contributed by atoms with Gasteiger partial charge in [0.1, 0.15) is 17.6 Å². The van der Waals surface area contributed by atoms with Gasteiger partial charge in [-0.2, -0.15) is 5.26 Å². The summed E-state index contributed by atoms with van der Waals surface area (Å²) in [6, 6.07) is 7.41. The number of halogens is 1. The molecule has 2 aromatic rings. The van der Waals surface area contributed by atoms with Crippen molar-refractivity contribution in [2.24, 2.45) is 0 Å². The molecule has 2 rings (SSSR count). The monoisotopic (exact) mass is 243 g/mol. The Hall–Kier alpha value is -2.61. The molecule has 2 N–H and O–H groups in total. The third-order valence-corrected chi connectivity index (χ3v) is 2.41. The Morgan fingerprint density at radius 1 is 1.39 bits per heavy atom. The van der Waals surface area contributed by atoms with Crippen LogP contribution in [0.15, 0.2) is 30.5 Å². The van der Waals surface area contributed by atoms with Crippen molar-refractivity contribution in [3.63, 3.8) is 0 Å². The van der Waals surface area contributed by atoms with Crippen molar-refractivity contribution in [2.45, 2.75) is 6.92 Å². The smallest absolute Gasteiger partial charge is 0.219 e. The van der Waals surface area contributed by atoms with Crippen molar-refractivity contribution in [2.75, 3.05) is 5.73 Å². The number of hydrogen-bond donors (Lipinski definition) is 1. The van der Waals surface area contributed by atoms with E-state index in [1.165, 1.54) is 18.3 Å². The highest BCUT2D eigenvalue weighted by atomic mass is 19.1. The standard InChI is InChI=1S/C13H10FN3O/c1-8-4-13(17-7-12(8)16)18-10-3-2-9(6-15)11(14)5-10/h2-5,7H,16H2,1H3. The van der Waals surface area contributed by atoms with Crippen molar-refractivity contribution in [1.82, 2.24) is 4.98 Å². The van der Waals surface area contributed by atoms with Crippen molar-refractivity contribution in [1.29, 1.82) is 5.26 Å². The number of rotatable bonds is 2. The molecule has 0 saturated carbocycles. The van der Waals surface area contributed by atoms with Gasteiger partial charge in [0.2, 0.25) is 5.88 Å². The number of aryl methyl sites for hydroxylation is 1. The number of benzene rings is 1. The van der Waals surface area contributed by atoms with Crippen LogP contribution < -0.4 is 10.5 Å². The lowest BCUT2D eigenvalue weighted by atomic mass is 10.2. The van der Waals surface area contributed by atoms with Crippen molar-refractivity contribution >= 4 is 5.69 Å². The molecule has 1 aromatic heterocycles. The van der Waals surface area contributed by atoms with Crippen LogP contribution in [0.2, 0.25) is 0 Å². The fraction of sp³-hybridized carbons (Fsp3) is 0.0769. The number of ether oxygens (including phenoxy) is 1. The topological polar surface area (TPSA) is 71.9 Å². The highest BCUT2D eigenvalue weighted by Crippen LogP contribution is 2.23. The Kier molecular flexibility index (Phi) is 3.11. The molecule has 90 valence electrons. The van der Waals surface area contributed by atoms with Gasteiger partial charge in [-0.15, -0.1) is 0 Å². The number of nitrogens with two attached hydrogens (primary N) is 1. The molecule has 0 aliphatic heterocycles. The molecular weight excluding hydrogens is 233 g/mol. The molecule has 0 fully saturated rings. The maximum Gasteiger partial charge on any atom is 0.219 e. The van der Waals surface area contributed by atoms with Gasteiger partial charge in [-0.05, 0) is 24.6 Å². The Balaban J connectivity index is 2.26. The first-order chi connectivity index (χ1) is 8.60.